The van der Waals surface area contributed by atoms with E-state index in [2.05, 4.69) is 6.92 Å². The van der Waals surface area contributed by atoms with Gasteiger partial charge in [-0.1, -0.05) is 61.2 Å². The lowest BCUT2D eigenvalue weighted by molar-refractivity contribution is 0.0994. The molecule has 162 valence electrons. The number of aromatic nitrogens is 2. The van der Waals surface area contributed by atoms with Crippen molar-refractivity contribution in [3.63, 3.8) is 0 Å². The largest absolute Gasteiger partial charge is 0.497 e. The van der Waals surface area contributed by atoms with Crippen molar-refractivity contribution in [3.8, 4) is 11.4 Å². The van der Waals surface area contributed by atoms with Crippen LogP contribution in [0.2, 0.25) is 0 Å². The molecule has 3 aromatic carbocycles. The summed E-state index contributed by atoms with van der Waals surface area (Å²) in [5.74, 6) is 0.635. The van der Waals surface area contributed by atoms with Crippen LogP contribution in [-0.4, -0.2) is 27.7 Å². The number of fused-ring (bicyclic) bond motifs is 1. The average Bonchev–Trinajstić information content (AvgIpc) is 2.84. The summed E-state index contributed by atoms with van der Waals surface area (Å²) in [6.07, 6.45) is 0.923. The Morgan fingerprint density at radius 3 is 2.53 bits per heavy atom. The van der Waals surface area contributed by atoms with E-state index in [1.54, 1.807) is 23.8 Å². The van der Waals surface area contributed by atoms with E-state index in [9.17, 15) is 9.59 Å². The van der Waals surface area contributed by atoms with Crippen LogP contribution in [0.3, 0.4) is 0 Å². The molecule has 0 amide bonds. The van der Waals surface area contributed by atoms with Gasteiger partial charge in [0.1, 0.15) is 5.75 Å². The van der Waals surface area contributed by atoms with E-state index in [0.717, 1.165) is 6.42 Å². The smallest absolute Gasteiger partial charge is 0.266 e. The molecule has 0 fully saturated rings. The minimum atomic E-state index is -0.424. The Morgan fingerprint density at radius 1 is 1.06 bits per heavy atom. The summed E-state index contributed by atoms with van der Waals surface area (Å²) < 4.78 is 6.90. The standard InChI is InChI=1S/C26H24N2O3S/c1-4-18-12-14-19(15-13-18)24(29)17(2)32-26-27-23-11-6-5-10-22(23)25(30)28(26)20-8-7-9-21(16-20)31-3/h5-17H,4H2,1-3H3. The van der Waals surface area contributed by atoms with Gasteiger partial charge < -0.3 is 4.74 Å². The van der Waals surface area contributed by atoms with Crippen LogP contribution in [0.1, 0.15) is 29.8 Å². The summed E-state index contributed by atoms with van der Waals surface area (Å²) in [5.41, 5.74) is 2.90. The van der Waals surface area contributed by atoms with Gasteiger partial charge in [0, 0.05) is 11.6 Å². The molecule has 32 heavy (non-hydrogen) atoms. The number of ketones is 1. The van der Waals surface area contributed by atoms with Gasteiger partial charge in [-0.3, -0.25) is 14.2 Å². The Hall–Kier alpha value is -3.38. The van der Waals surface area contributed by atoms with Crippen LogP contribution in [-0.2, 0) is 6.42 Å². The lowest BCUT2D eigenvalue weighted by Crippen LogP contribution is -2.23. The number of carbonyl (C=O) groups is 1. The van der Waals surface area contributed by atoms with Gasteiger partial charge in [0.05, 0.1) is 29.0 Å². The van der Waals surface area contributed by atoms with Crippen molar-refractivity contribution in [2.24, 2.45) is 0 Å². The summed E-state index contributed by atoms with van der Waals surface area (Å²) in [5, 5.41) is 0.564. The third-order valence-electron chi connectivity index (χ3n) is 5.35. The first-order valence-corrected chi connectivity index (χ1v) is 11.4. The fourth-order valence-electron chi connectivity index (χ4n) is 3.52. The molecule has 0 bridgehead atoms. The summed E-state index contributed by atoms with van der Waals surface area (Å²) in [7, 11) is 1.58. The highest BCUT2D eigenvalue weighted by Gasteiger charge is 2.21. The Morgan fingerprint density at radius 2 is 1.81 bits per heavy atom. The van der Waals surface area contributed by atoms with Crippen molar-refractivity contribution in [1.29, 1.82) is 0 Å². The first-order valence-electron chi connectivity index (χ1n) is 10.5. The number of para-hydroxylation sites is 1. The highest BCUT2D eigenvalue weighted by atomic mass is 32.2. The number of hydrogen-bond acceptors (Lipinski definition) is 5. The van der Waals surface area contributed by atoms with Crippen LogP contribution < -0.4 is 10.3 Å². The second kappa shape index (κ2) is 9.40. The third-order valence-corrected chi connectivity index (χ3v) is 6.41. The quantitative estimate of drug-likeness (QED) is 0.219. The van der Waals surface area contributed by atoms with E-state index in [1.807, 2.05) is 67.6 Å². The number of aryl methyl sites for hydroxylation is 1. The van der Waals surface area contributed by atoms with Gasteiger partial charge >= 0.3 is 0 Å². The average molecular weight is 445 g/mol. The normalized spacial score (nSPS) is 12.0. The molecule has 0 spiro atoms. The van der Waals surface area contributed by atoms with Gasteiger partial charge in [0.2, 0.25) is 0 Å². The fraction of sp³-hybridized carbons (Fsp3) is 0.192. The summed E-state index contributed by atoms with van der Waals surface area (Å²) in [6.45, 7) is 3.93. The van der Waals surface area contributed by atoms with E-state index >= 15 is 0 Å². The predicted molar refractivity (Wildman–Crippen MR) is 129 cm³/mol. The molecular formula is C26H24N2O3S. The van der Waals surface area contributed by atoms with Crippen LogP contribution in [0.25, 0.3) is 16.6 Å². The fourth-order valence-corrected chi connectivity index (χ4v) is 4.52. The Kier molecular flexibility index (Phi) is 6.42. The van der Waals surface area contributed by atoms with Crippen LogP contribution in [0.4, 0.5) is 0 Å². The maximum atomic E-state index is 13.4. The molecule has 0 aliphatic heterocycles. The van der Waals surface area contributed by atoms with Crippen LogP contribution in [0, 0.1) is 0 Å². The van der Waals surface area contributed by atoms with Crippen molar-refractivity contribution >= 4 is 28.4 Å². The number of benzene rings is 3. The molecule has 6 heteroatoms. The molecule has 0 saturated heterocycles. The number of Topliss-reactive ketones (excluding diaryl/α,β-unsaturated/α-hetero) is 1. The van der Waals surface area contributed by atoms with Gasteiger partial charge in [-0.25, -0.2) is 4.98 Å². The van der Waals surface area contributed by atoms with Crippen molar-refractivity contribution < 1.29 is 9.53 Å². The second-order valence-electron chi connectivity index (χ2n) is 7.43. The molecule has 0 radical (unpaired) electrons. The number of carbonyl (C=O) groups excluding carboxylic acids is 1. The number of methoxy groups -OCH3 is 1. The first-order chi connectivity index (χ1) is 15.5. The van der Waals surface area contributed by atoms with Gasteiger partial charge in [0.25, 0.3) is 5.56 Å². The lowest BCUT2D eigenvalue weighted by Gasteiger charge is -2.16. The van der Waals surface area contributed by atoms with Crippen LogP contribution in [0.5, 0.6) is 5.75 Å². The van der Waals surface area contributed by atoms with E-state index in [4.69, 9.17) is 9.72 Å². The van der Waals surface area contributed by atoms with Gasteiger partial charge in [-0.05, 0) is 43.2 Å². The molecule has 4 rings (SSSR count). The van der Waals surface area contributed by atoms with E-state index in [-0.39, 0.29) is 11.3 Å². The number of rotatable bonds is 7. The van der Waals surface area contributed by atoms with Crippen LogP contribution >= 0.6 is 11.8 Å². The summed E-state index contributed by atoms with van der Waals surface area (Å²) >= 11 is 1.28. The molecule has 1 heterocycles. The molecule has 0 aliphatic carbocycles. The second-order valence-corrected chi connectivity index (χ2v) is 8.74. The van der Waals surface area contributed by atoms with E-state index in [1.165, 1.54) is 17.3 Å². The predicted octanol–water partition coefficient (Wildman–Crippen LogP) is 5.32. The van der Waals surface area contributed by atoms with Gasteiger partial charge in [0.15, 0.2) is 10.9 Å². The lowest BCUT2D eigenvalue weighted by atomic mass is 10.1. The minimum Gasteiger partial charge on any atom is -0.497 e. The zero-order valence-corrected chi connectivity index (χ0v) is 19.1. The van der Waals surface area contributed by atoms with Crippen LogP contribution in [0.15, 0.2) is 82.7 Å². The van der Waals surface area contributed by atoms with E-state index < -0.39 is 5.25 Å². The number of nitrogens with zero attached hydrogens (tertiary/aromatic N) is 2. The SMILES string of the molecule is CCc1ccc(C(=O)C(C)Sc2nc3ccccc3c(=O)n2-c2cccc(OC)c2)cc1. The number of thioether (sulfide) groups is 1. The maximum absolute atomic E-state index is 13.4. The Balaban J connectivity index is 1.78. The summed E-state index contributed by atoms with van der Waals surface area (Å²) in [6, 6.07) is 22.2. The summed E-state index contributed by atoms with van der Waals surface area (Å²) in [4.78, 5) is 31.3. The molecule has 0 saturated carbocycles. The van der Waals surface area contributed by atoms with Crippen molar-refractivity contribution in [3.05, 3.63) is 94.3 Å². The van der Waals surface area contributed by atoms with E-state index in [0.29, 0.717) is 33.1 Å². The van der Waals surface area contributed by atoms with Crippen molar-refractivity contribution in [1.82, 2.24) is 9.55 Å². The molecule has 1 aromatic heterocycles. The monoisotopic (exact) mass is 444 g/mol. The Bertz CT molecular complexity index is 1330. The minimum absolute atomic E-state index is 0.00254. The molecule has 5 nitrogen and oxygen atoms in total. The first kappa shape index (κ1) is 21.8. The molecular weight excluding hydrogens is 420 g/mol. The highest BCUT2D eigenvalue weighted by Crippen LogP contribution is 2.28. The van der Waals surface area contributed by atoms with Crippen molar-refractivity contribution in [2.45, 2.75) is 30.7 Å². The number of hydrogen-bond donors (Lipinski definition) is 0. The topological polar surface area (TPSA) is 61.2 Å². The van der Waals surface area contributed by atoms with Gasteiger partial charge in [-0.15, -0.1) is 0 Å². The zero-order chi connectivity index (χ0) is 22.7. The molecule has 4 aromatic rings. The highest BCUT2D eigenvalue weighted by molar-refractivity contribution is 8.00. The van der Waals surface area contributed by atoms with Crippen molar-refractivity contribution in [2.75, 3.05) is 7.11 Å². The maximum Gasteiger partial charge on any atom is 0.266 e. The molecule has 1 atom stereocenters. The molecule has 1 unspecified atom stereocenters. The molecule has 0 N–H and O–H groups in total. The zero-order valence-electron chi connectivity index (χ0n) is 18.2. The Labute approximate surface area is 191 Å². The number of ether oxygens (including phenoxy) is 1. The van der Waals surface area contributed by atoms with Gasteiger partial charge in [-0.2, -0.15) is 0 Å². The third kappa shape index (κ3) is 4.32. The molecule has 0 aliphatic rings.